The molecule has 1 saturated carbocycles. The summed E-state index contributed by atoms with van der Waals surface area (Å²) in [6.07, 6.45) is 5.06. The van der Waals surface area contributed by atoms with Gasteiger partial charge >= 0.3 is 0 Å². The quantitative estimate of drug-likeness (QED) is 0.719. The van der Waals surface area contributed by atoms with Gasteiger partial charge in [0.2, 0.25) is 0 Å². The third-order valence-electron chi connectivity index (χ3n) is 3.86. The molecule has 1 saturated heterocycles. The van der Waals surface area contributed by atoms with E-state index in [-0.39, 0.29) is 0 Å². The fraction of sp³-hybridized carbons (Fsp3) is 1.00. The summed E-state index contributed by atoms with van der Waals surface area (Å²) in [6.45, 7) is 6.13. The van der Waals surface area contributed by atoms with Gasteiger partial charge in [-0.1, -0.05) is 13.3 Å². The maximum Gasteiger partial charge on any atom is 0.0743 e. The smallest absolute Gasteiger partial charge is 0.0743 e. The predicted molar refractivity (Wildman–Crippen MR) is 53.6 cm³/mol. The molecule has 0 amide bonds. The van der Waals surface area contributed by atoms with Gasteiger partial charge < -0.3 is 5.11 Å². The van der Waals surface area contributed by atoms with Crippen molar-refractivity contribution in [2.24, 2.45) is 5.92 Å². The highest BCUT2D eigenvalue weighted by Crippen LogP contribution is 2.39. The molecule has 0 radical (unpaired) electrons. The molecule has 1 N–H and O–H groups in total. The number of hydrogen-bond donors (Lipinski definition) is 1. The second-order valence-electron chi connectivity index (χ2n) is 5.04. The monoisotopic (exact) mass is 183 g/mol. The molecular formula is C11H21NO. The van der Waals surface area contributed by atoms with Gasteiger partial charge in [0.05, 0.1) is 5.60 Å². The van der Waals surface area contributed by atoms with Gasteiger partial charge in [0.15, 0.2) is 0 Å². The van der Waals surface area contributed by atoms with Crippen LogP contribution in [0.15, 0.2) is 0 Å². The van der Waals surface area contributed by atoms with Crippen molar-refractivity contribution in [2.75, 3.05) is 13.1 Å². The topological polar surface area (TPSA) is 23.5 Å². The van der Waals surface area contributed by atoms with Crippen LogP contribution in [0, 0.1) is 5.92 Å². The average Bonchev–Trinajstić information content (AvgIpc) is 2.43. The Morgan fingerprint density at radius 2 is 2.23 bits per heavy atom. The minimum atomic E-state index is -0.465. The third-order valence-corrected chi connectivity index (χ3v) is 3.86. The Bertz CT molecular complexity index is 191. The zero-order valence-corrected chi connectivity index (χ0v) is 8.79. The molecule has 13 heavy (non-hydrogen) atoms. The Balaban J connectivity index is 1.84. The van der Waals surface area contributed by atoms with Crippen molar-refractivity contribution in [3.63, 3.8) is 0 Å². The van der Waals surface area contributed by atoms with Crippen LogP contribution in [0.25, 0.3) is 0 Å². The van der Waals surface area contributed by atoms with Crippen LogP contribution < -0.4 is 0 Å². The van der Waals surface area contributed by atoms with Gasteiger partial charge in [-0.3, -0.25) is 4.90 Å². The average molecular weight is 183 g/mol. The summed E-state index contributed by atoms with van der Waals surface area (Å²) in [4.78, 5) is 2.47. The van der Waals surface area contributed by atoms with Crippen LogP contribution in [0.2, 0.25) is 0 Å². The normalized spacial score (nSPS) is 38.1. The first kappa shape index (κ1) is 9.47. The van der Waals surface area contributed by atoms with E-state index in [1.54, 1.807) is 0 Å². The summed E-state index contributed by atoms with van der Waals surface area (Å²) in [5.41, 5.74) is -0.465. The molecule has 0 aromatic rings. The lowest BCUT2D eigenvalue weighted by molar-refractivity contribution is -0.0485. The summed E-state index contributed by atoms with van der Waals surface area (Å²) in [7, 11) is 0. The van der Waals surface area contributed by atoms with Gasteiger partial charge in [-0.25, -0.2) is 0 Å². The molecule has 2 heteroatoms. The van der Waals surface area contributed by atoms with E-state index in [1.807, 2.05) is 6.92 Å². The van der Waals surface area contributed by atoms with Crippen molar-refractivity contribution in [3.05, 3.63) is 0 Å². The highest BCUT2D eigenvalue weighted by Gasteiger charge is 2.43. The van der Waals surface area contributed by atoms with Crippen molar-refractivity contribution >= 4 is 0 Å². The molecule has 3 atom stereocenters. The van der Waals surface area contributed by atoms with E-state index in [9.17, 15) is 5.11 Å². The van der Waals surface area contributed by atoms with Crippen LogP contribution in [-0.4, -0.2) is 34.7 Å². The Morgan fingerprint density at radius 3 is 2.85 bits per heavy atom. The molecule has 2 rings (SSSR count). The first-order valence-electron chi connectivity index (χ1n) is 5.59. The number of β-amino-alcohol motifs (C(OH)–C–C–N with tert-alkyl or cyclic N) is 1. The molecule has 0 aromatic carbocycles. The van der Waals surface area contributed by atoms with E-state index in [0.29, 0.717) is 0 Å². The second kappa shape index (κ2) is 3.25. The number of hydrogen-bond acceptors (Lipinski definition) is 2. The fourth-order valence-electron chi connectivity index (χ4n) is 2.74. The summed E-state index contributed by atoms with van der Waals surface area (Å²) >= 11 is 0. The molecule has 3 unspecified atom stereocenters. The molecule has 2 nitrogen and oxygen atoms in total. The zero-order chi connectivity index (χ0) is 9.47. The lowest BCUT2D eigenvalue weighted by Gasteiger charge is -2.47. The highest BCUT2D eigenvalue weighted by molar-refractivity contribution is 4.98. The Hall–Kier alpha value is -0.0800. The zero-order valence-electron chi connectivity index (χ0n) is 8.79. The lowest BCUT2D eigenvalue weighted by Crippen LogP contribution is -2.57. The third kappa shape index (κ3) is 1.75. The first-order chi connectivity index (χ1) is 6.12. The Kier molecular flexibility index (Phi) is 2.37. The summed E-state index contributed by atoms with van der Waals surface area (Å²) < 4.78 is 0. The first-order valence-corrected chi connectivity index (χ1v) is 5.59. The van der Waals surface area contributed by atoms with E-state index in [2.05, 4.69) is 11.8 Å². The molecule has 0 spiro atoms. The van der Waals surface area contributed by atoms with Crippen molar-refractivity contribution in [1.29, 1.82) is 0 Å². The molecule has 1 aliphatic heterocycles. The van der Waals surface area contributed by atoms with E-state index in [1.165, 1.54) is 25.8 Å². The Labute approximate surface area is 80.9 Å². The predicted octanol–water partition coefficient (Wildman–Crippen LogP) is 1.63. The van der Waals surface area contributed by atoms with Crippen LogP contribution in [0.5, 0.6) is 0 Å². The molecule has 76 valence electrons. The minimum Gasteiger partial charge on any atom is -0.389 e. The fourth-order valence-corrected chi connectivity index (χ4v) is 2.74. The molecule has 2 fully saturated rings. The van der Waals surface area contributed by atoms with Crippen molar-refractivity contribution in [3.8, 4) is 0 Å². The second-order valence-corrected chi connectivity index (χ2v) is 5.04. The van der Waals surface area contributed by atoms with Gasteiger partial charge in [-0.05, 0) is 32.1 Å². The van der Waals surface area contributed by atoms with Gasteiger partial charge in [0.1, 0.15) is 0 Å². The number of nitrogens with zero attached hydrogens (tertiary/aromatic N) is 1. The SMILES string of the molecule is CCC(C)(O)CN1CC2CCCC21. The van der Waals surface area contributed by atoms with Gasteiger partial charge in [0, 0.05) is 19.1 Å². The number of likely N-dealkylation sites (tertiary alicyclic amines) is 1. The van der Waals surface area contributed by atoms with Gasteiger partial charge in [0.25, 0.3) is 0 Å². The van der Waals surface area contributed by atoms with E-state index in [0.717, 1.165) is 24.9 Å². The summed E-state index contributed by atoms with van der Waals surface area (Å²) in [5, 5.41) is 9.94. The molecule has 1 heterocycles. The summed E-state index contributed by atoms with van der Waals surface area (Å²) in [6, 6.07) is 0.818. The maximum atomic E-state index is 9.94. The van der Waals surface area contributed by atoms with Gasteiger partial charge in [-0.2, -0.15) is 0 Å². The number of rotatable bonds is 3. The van der Waals surface area contributed by atoms with E-state index in [4.69, 9.17) is 0 Å². The molecule has 2 aliphatic rings. The summed E-state index contributed by atoms with van der Waals surface area (Å²) in [5.74, 6) is 0.965. The molecular weight excluding hydrogens is 162 g/mol. The van der Waals surface area contributed by atoms with Crippen LogP contribution >= 0.6 is 0 Å². The molecule has 1 aliphatic carbocycles. The minimum absolute atomic E-state index is 0.465. The lowest BCUT2D eigenvalue weighted by atomic mass is 9.89. The van der Waals surface area contributed by atoms with E-state index >= 15 is 0 Å². The van der Waals surface area contributed by atoms with Crippen molar-refractivity contribution in [1.82, 2.24) is 4.90 Å². The van der Waals surface area contributed by atoms with E-state index < -0.39 is 5.60 Å². The highest BCUT2D eigenvalue weighted by atomic mass is 16.3. The van der Waals surface area contributed by atoms with Crippen LogP contribution in [-0.2, 0) is 0 Å². The standard InChI is InChI=1S/C11H21NO/c1-3-11(2,13)8-12-7-9-5-4-6-10(9)12/h9-10,13H,3-8H2,1-2H3. The number of aliphatic hydroxyl groups is 1. The molecule has 0 bridgehead atoms. The maximum absolute atomic E-state index is 9.94. The largest absolute Gasteiger partial charge is 0.389 e. The van der Waals surface area contributed by atoms with Crippen LogP contribution in [0.3, 0.4) is 0 Å². The van der Waals surface area contributed by atoms with Crippen LogP contribution in [0.4, 0.5) is 0 Å². The Morgan fingerprint density at radius 1 is 1.46 bits per heavy atom. The van der Waals surface area contributed by atoms with Crippen molar-refractivity contribution < 1.29 is 5.11 Å². The number of fused-ring (bicyclic) bond motifs is 1. The molecule has 0 aromatic heterocycles. The van der Waals surface area contributed by atoms with Crippen LogP contribution in [0.1, 0.15) is 39.5 Å². The van der Waals surface area contributed by atoms with Gasteiger partial charge in [-0.15, -0.1) is 0 Å². The van der Waals surface area contributed by atoms with Crippen molar-refractivity contribution in [2.45, 2.75) is 51.2 Å².